The molecule has 1 aromatic heterocycles. The van der Waals surface area contributed by atoms with E-state index in [1.54, 1.807) is 23.9 Å². The Bertz CT molecular complexity index is 558. The number of hydrogen-bond acceptors (Lipinski definition) is 4. The first-order valence-electron chi connectivity index (χ1n) is 6.64. The molecule has 5 heteroatoms. The standard InChI is InChI=1S/C15H18FN3S/c1-3-8-17-14-9-11(2)18-15(19-14)10-20-13-6-4-12(16)5-7-13/h4-7,9H,3,8,10H2,1-2H3,(H,17,18,19). The van der Waals surface area contributed by atoms with Gasteiger partial charge in [-0.2, -0.15) is 0 Å². The van der Waals surface area contributed by atoms with Crippen molar-refractivity contribution in [2.45, 2.75) is 30.9 Å². The molecule has 0 aliphatic carbocycles. The highest BCUT2D eigenvalue weighted by Gasteiger charge is 2.03. The van der Waals surface area contributed by atoms with E-state index in [9.17, 15) is 4.39 Å². The summed E-state index contributed by atoms with van der Waals surface area (Å²) in [5, 5.41) is 3.27. The summed E-state index contributed by atoms with van der Waals surface area (Å²) in [6.07, 6.45) is 1.06. The lowest BCUT2D eigenvalue weighted by Gasteiger charge is -2.07. The van der Waals surface area contributed by atoms with Gasteiger partial charge in [-0.25, -0.2) is 14.4 Å². The number of nitrogens with zero attached hydrogens (tertiary/aromatic N) is 2. The van der Waals surface area contributed by atoms with Crippen LogP contribution in [-0.4, -0.2) is 16.5 Å². The molecule has 0 aliphatic rings. The number of thioether (sulfide) groups is 1. The van der Waals surface area contributed by atoms with Crippen LogP contribution in [0, 0.1) is 12.7 Å². The Balaban J connectivity index is 2.01. The molecule has 0 spiro atoms. The lowest BCUT2D eigenvalue weighted by Crippen LogP contribution is -2.05. The van der Waals surface area contributed by atoms with Gasteiger partial charge in [-0.1, -0.05) is 6.92 Å². The highest BCUT2D eigenvalue weighted by molar-refractivity contribution is 7.98. The summed E-state index contributed by atoms with van der Waals surface area (Å²) in [6.45, 7) is 4.98. The van der Waals surface area contributed by atoms with Crippen molar-refractivity contribution in [3.05, 3.63) is 47.7 Å². The molecule has 1 aromatic carbocycles. The fourth-order valence-corrected chi connectivity index (χ4v) is 2.47. The van der Waals surface area contributed by atoms with Crippen LogP contribution in [0.5, 0.6) is 0 Å². The number of nitrogens with one attached hydrogen (secondary N) is 1. The first-order valence-corrected chi connectivity index (χ1v) is 7.62. The molecule has 0 amide bonds. The van der Waals surface area contributed by atoms with Crippen LogP contribution >= 0.6 is 11.8 Å². The summed E-state index contributed by atoms with van der Waals surface area (Å²) in [4.78, 5) is 9.93. The molecule has 0 fully saturated rings. The van der Waals surface area contributed by atoms with Gasteiger partial charge in [0.05, 0.1) is 5.75 Å². The van der Waals surface area contributed by atoms with E-state index in [-0.39, 0.29) is 5.82 Å². The second kappa shape index (κ2) is 7.24. The van der Waals surface area contributed by atoms with Gasteiger partial charge in [0.15, 0.2) is 0 Å². The third-order valence-electron chi connectivity index (χ3n) is 2.64. The van der Waals surface area contributed by atoms with Crippen LogP contribution in [0.1, 0.15) is 24.9 Å². The zero-order valence-electron chi connectivity index (χ0n) is 11.7. The molecule has 0 atom stereocenters. The first-order chi connectivity index (χ1) is 9.67. The molecule has 1 heterocycles. The van der Waals surface area contributed by atoms with Crippen LogP contribution < -0.4 is 5.32 Å². The third kappa shape index (κ3) is 4.49. The van der Waals surface area contributed by atoms with E-state index in [0.717, 1.165) is 35.2 Å². The zero-order chi connectivity index (χ0) is 14.4. The summed E-state index contributed by atoms with van der Waals surface area (Å²) >= 11 is 1.60. The van der Waals surface area contributed by atoms with Crippen molar-refractivity contribution in [1.29, 1.82) is 0 Å². The molecular weight excluding hydrogens is 273 g/mol. The number of benzene rings is 1. The lowest BCUT2D eigenvalue weighted by atomic mass is 10.4. The van der Waals surface area contributed by atoms with Crippen molar-refractivity contribution in [3.63, 3.8) is 0 Å². The van der Waals surface area contributed by atoms with Gasteiger partial charge in [-0.15, -0.1) is 11.8 Å². The molecule has 0 saturated carbocycles. The van der Waals surface area contributed by atoms with Gasteiger partial charge in [-0.3, -0.25) is 0 Å². The molecule has 106 valence electrons. The normalized spacial score (nSPS) is 10.6. The SMILES string of the molecule is CCCNc1cc(C)nc(CSc2ccc(F)cc2)n1. The number of hydrogen-bond donors (Lipinski definition) is 1. The monoisotopic (exact) mass is 291 g/mol. The molecule has 0 saturated heterocycles. The Morgan fingerprint density at radius 2 is 1.95 bits per heavy atom. The first kappa shape index (κ1) is 14.8. The Kier molecular flexibility index (Phi) is 5.35. The van der Waals surface area contributed by atoms with Crippen LogP contribution in [-0.2, 0) is 5.75 Å². The van der Waals surface area contributed by atoms with E-state index in [4.69, 9.17) is 0 Å². The molecule has 0 aliphatic heterocycles. The van der Waals surface area contributed by atoms with Gasteiger partial charge >= 0.3 is 0 Å². The Labute approximate surface area is 123 Å². The van der Waals surface area contributed by atoms with Crippen LogP contribution in [0.3, 0.4) is 0 Å². The Morgan fingerprint density at radius 1 is 1.20 bits per heavy atom. The quantitative estimate of drug-likeness (QED) is 0.815. The summed E-state index contributed by atoms with van der Waals surface area (Å²) < 4.78 is 12.8. The fraction of sp³-hybridized carbons (Fsp3) is 0.333. The van der Waals surface area contributed by atoms with Crippen molar-refractivity contribution < 1.29 is 4.39 Å². The predicted molar refractivity (Wildman–Crippen MR) is 81.5 cm³/mol. The number of aryl methyl sites for hydroxylation is 1. The summed E-state index contributed by atoms with van der Waals surface area (Å²) in [7, 11) is 0. The fourth-order valence-electron chi connectivity index (χ4n) is 1.72. The Morgan fingerprint density at radius 3 is 2.65 bits per heavy atom. The minimum absolute atomic E-state index is 0.216. The topological polar surface area (TPSA) is 37.8 Å². The highest BCUT2D eigenvalue weighted by atomic mass is 32.2. The predicted octanol–water partition coefficient (Wildman–Crippen LogP) is 4.04. The molecule has 0 radical (unpaired) electrons. The Hall–Kier alpha value is -1.62. The van der Waals surface area contributed by atoms with Gasteiger partial charge in [0.2, 0.25) is 0 Å². The van der Waals surface area contributed by atoms with Gasteiger partial charge in [0.25, 0.3) is 0 Å². The number of halogens is 1. The van der Waals surface area contributed by atoms with E-state index >= 15 is 0 Å². The molecule has 20 heavy (non-hydrogen) atoms. The minimum atomic E-state index is -0.216. The van der Waals surface area contributed by atoms with Crippen LogP contribution in [0.15, 0.2) is 35.2 Å². The van der Waals surface area contributed by atoms with Crippen LogP contribution in [0.2, 0.25) is 0 Å². The van der Waals surface area contributed by atoms with Gasteiger partial charge < -0.3 is 5.32 Å². The van der Waals surface area contributed by atoms with Crippen molar-refractivity contribution >= 4 is 17.6 Å². The van der Waals surface area contributed by atoms with Gasteiger partial charge in [-0.05, 0) is 37.6 Å². The van der Waals surface area contributed by atoms with Crippen molar-refractivity contribution in [1.82, 2.24) is 9.97 Å². The third-order valence-corrected chi connectivity index (χ3v) is 3.65. The molecular formula is C15H18FN3S. The van der Waals surface area contributed by atoms with Crippen molar-refractivity contribution in [2.24, 2.45) is 0 Å². The molecule has 2 aromatic rings. The average Bonchev–Trinajstić information content (AvgIpc) is 2.44. The molecule has 2 rings (SSSR count). The van der Waals surface area contributed by atoms with Crippen LogP contribution in [0.25, 0.3) is 0 Å². The summed E-state index contributed by atoms with van der Waals surface area (Å²) in [6, 6.07) is 8.42. The molecule has 0 bridgehead atoms. The summed E-state index contributed by atoms with van der Waals surface area (Å²) in [5.41, 5.74) is 0.952. The smallest absolute Gasteiger partial charge is 0.141 e. The van der Waals surface area contributed by atoms with E-state index in [2.05, 4.69) is 22.2 Å². The van der Waals surface area contributed by atoms with E-state index in [1.807, 2.05) is 13.0 Å². The second-order valence-electron chi connectivity index (χ2n) is 4.48. The molecule has 1 N–H and O–H groups in total. The molecule has 0 unspecified atom stereocenters. The van der Waals surface area contributed by atoms with Crippen LogP contribution in [0.4, 0.5) is 10.2 Å². The maximum Gasteiger partial charge on any atom is 0.141 e. The number of anilines is 1. The minimum Gasteiger partial charge on any atom is -0.370 e. The van der Waals surface area contributed by atoms with E-state index in [0.29, 0.717) is 5.75 Å². The highest BCUT2D eigenvalue weighted by Crippen LogP contribution is 2.22. The lowest BCUT2D eigenvalue weighted by molar-refractivity contribution is 0.626. The molecule has 3 nitrogen and oxygen atoms in total. The number of rotatable bonds is 6. The van der Waals surface area contributed by atoms with Gasteiger partial charge in [0.1, 0.15) is 17.5 Å². The second-order valence-corrected chi connectivity index (χ2v) is 5.53. The average molecular weight is 291 g/mol. The maximum absolute atomic E-state index is 12.8. The summed E-state index contributed by atoms with van der Waals surface area (Å²) in [5.74, 6) is 2.12. The number of aromatic nitrogens is 2. The maximum atomic E-state index is 12.8. The van der Waals surface area contributed by atoms with Crippen molar-refractivity contribution in [2.75, 3.05) is 11.9 Å². The van der Waals surface area contributed by atoms with Gasteiger partial charge in [0, 0.05) is 23.2 Å². The van der Waals surface area contributed by atoms with Crippen molar-refractivity contribution in [3.8, 4) is 0 Å². The zero-order valence-corrected chi connectivity index (χ0v) is 12.5. The van der Waals surface area contributed by atoms with E-state index in [1.165, 1.54) is 12.1 Å². The largest absolute Gasteiger partial charge is 0.370 e. The van der Waals surface area contributed by atoms with E-state index < -0.39 is 0 Å².